The SMILES string of the molecule is NC1CCCC(Nc2cc(C(F)(F)F)nc3cc(C(F)(F)F)nn23)C1. The second kappa shape index (κ2) is 6.04. The summed E-state index contributed by atoms with van der Waals surface area (Å²) in [5.41, 5.74) is 2.74. The number of nitrogens with one attached hydrogen (secondary N) is 1. The van der Waals surface area contributed by atoms with E-state index in [9.17, 15) is 26.3 Å². The lowest BCUT2D eigenvalue weighted by molar-refractivity contribution is -0.142. The largest absolute Gasteiger partial charge is 0.435 e. The molecule has 11 heteroatoms. The summed E-state index contributed by atoms with van der Waals surface area (Å²) in [6.07, 6.45) is -6.81. The van der Waals surface area contributed by atoms with Gasteiger partial charge in [0.25, 0.3) is 0 Å². The van der Waals surface area contributed by atoms with Crippen LogP contribution in [0.4, 0.5) is 32.2 Å². The van der Waals surface area contributed by atoms with E-state index in [0.717, 1.165) is 17.4 Å². The maximum Gasteiger partial charge on any atom is 0.435 e. The molecule has 3 N–H and O–H groups in total. The van der Waals surface area contributed by atoms with E-state index in [1.165, 1.54) is 0 Å². The fourth-order valence-electron chi connectivity index (χ4n) is 2.93. The standard InChI is InChI=1S/C14H15F6N5/c15-13(16,17)9-5-11(22-8-3-1-2-7(21)4-8)25-12(23-9)6-10(24-25)14(18,19)20/h5-8,22H,1-4,21H2. The zero-order valence-electron chi connectivity index (χ0n) is 12.8. The van der Waals surface area contributed by atoms with Crippen LogP contribution in [0.5, 0.6) is 0 Å². The van der Waals surface area contributed by atoms with Gasteiger partial charge in [-0.15, -0.1) is 0 Å². The van der Waals surface area contributed by atoms with Crippen molar-refractivity contribution in [3.8, 4) is 0 Å². The third-order valence-corrected chi connectivity index (χ3v) is 4.07. The number of rotatable bonds is 2. The van der Waals surface area contributed by atoms with Crippen LogP contribution in [-0.2, 0) is 12.4 Å². The van der Waals surface area contributed by atoms with Gasteiger partial charge in [0.15, 0.2) is 17.0 Å². The van der Waals surface area contributed by atoms with Gasteiger partial charge in [0.1, 0.15) is 5.82 Å². The number of nitrogens with two attached hydrogens (primary N) is 1. The molecule has 2 unspecified atom stereocenters. The number of alkyl halides is 6. The average Bonchev–Trinajstić information content (AvgIpc) is 2.91. The predicted molar refractivity (Wildman–Crippen MR) is 76.8 cm³/mol. The van der Waals surface area contributed by atoms with Crippen molar-refractivity contribution in [1.82, 2.24) is 14.6 Å². The highest BCUT2D eigenvalue weighted by molar-refractivity contribution is 5.52. The first-order valence-corrected chi connectivity index (χ1v) is 7.61. The molecular weight excluding hydrogens is 352 g/mol. The number of anilines is 1. The van der Waals surface area contributed by atoms with E-state index >= 15 is 0 Å². The van der Waals surface area contributed by atoms with Gasteiger partial charge in [-0.25, -0.2) is 4.98 Å². The second-order valence-corrected chi connectivity index (χ2v) is 6.09. The molecule has 0 radical (unpaired) electrons. The molecule has 138 valence electrons. The van der Waals surface area contributed by atoms with Gasteiger partial charge < -0.3 is 11.1 Å². The molecule has 2 aromatic rings. The van der Waals surface area contributed by atoms with Crippen molar-refractivity contribution in [2.75, 3.05) is 5.32 Å². The van der Waals surface area contributed by atoms with Gasteiger partial charge in [0, 0.05) is 24.2 Å². The fourth-order valence-corrected chi connectivity index (χ4v) is 2.93. The predicted octanol–water partition coefficient (Wildman–Crippen LogP) is 3.45. The Bertz CT molecular complexity index is 765. The van der Waals surface area contributed by atoms with E-state index in [2.05, 4.69) is 15.4 Å². The van der Waals surface area contributed by atoms with E-state index in [1.807, 2.05) is 0 Å². The lowest BCUT2D eigenvalue weighted by Gasteiger charge is -2.28. The maximum atomic E-state index is 13.0. The van der Waals surface area contributed by atoms with Crippen LogP contribution >= 0.6 is 0 Å². The Labute approximate surface area is 138 Å². The summed E-state index contributed by atoms with van der Waals surface area (Å²) >= 11 is 0. The van der Waals surface area contributed by atoms with Crippen molar-refractivity contribution in [3.05, 3.63) is 23.5 Å². The number of halogens is 6. The van der Waals surface area contributed by atoms with E-state index in [0.29, 0.717) is 25.0 Å². The van der Waals surface area contributed by atoms with Gasteiger partial charge in [0.2, 0.25) is 0 Å². The minimum atomic E-state index is -4.79. The zero-order chi connectivity index (χ0) is 18.4. The molecule has 3 rings (SSSR count). The van der Waals surface area contributed by atoms with Crippen molar-refractivity contribution in [2.24, 2.45) is 5.73 Å². The normalized spacial score (nSPS) is 22.4. The number of nitrogens with zero attached hydrogens (tertiary/aromatic N) is 3. The maximum absolute atomic E-state index is 13.0. The molecule has 0 aliphatic heterocycles. The molecule has 0 bridgehead atoms. The Kier molecular flexibility index (Phi) is 4.30. The smallest absolute Gasteiger partial charge is 0.367 e. The summed E-state index contributed by atoms with van der Waals surface area (Å²) in [7, 11) is 0. The van der Waals surface area contributed by atoms with Crippen molar-refractivity contribution in [3.63, 3.8) is 0 Å². The van der Waals surface area contributed by atoms with E-state index in [-0.39, 0.29) is 17.9 Å². The highest BCUT2D eigenvalue weighted by atomic mass is 19.4. The average molecular weight is 367 g/mol. The molecule has 5 nitrogen and oxygen atoms in total. The monoisotopic (exact) mass is 367 g/mol. The molecule has 1 fully saturated rings. The molecule has 25 heavy (non-hydrogen) atoms. The highest BCUT2D eigenvalue weighted by Crippen LogP contribution is 2.33. The van der Waals surface area contributed by atoms with E-state index < -0.39 is 29.4 Å². The first-order chi connectivity index (χ1) is 11.5. The second-order valence-electron chi connectivity index (χ2n) is 6.09. The van der Waals surface area contributed by atoms with Crippen LogP contribution in [0.1, 0.15) is 37.1 Å². The van der Waals surface area contributed by atoms with Gasteiger partial charge in [-0.3, -0.25) is 0 Å². The Hall–Kier alpha value is -2.04. The Morgan fingerprint density at radius 3 is 2.32 bits per heavy atom. The molecule has 0 aromatic carbocycles. The van der Waals surface area contributed by atoms with Crippen LogP contribution in [0.25, 0.3) is 5.65 Å². The zero-order valence-corrected chi connectivity index (χ0v) is 12.8. The molecule has 0 spiro atoms. The Morgan fingerprint density at radius 2 is 1.72 bits per heavy atom. The van der Waals surface area contributed by atoms with Crippen LogP contribution < -0.4 is 11.1 Å². The van der Waals surface area contributed by atoms with Gasteiger partial charge in [-0.1, -0.05) is 0 Å². The molecular formula is C14H15F6N5. The Morgan fingerprint density at radius 1 is 1.04 bits per heavy atom. The summed E-state index contributed by atoms with van der Waals surface area (Å²) in [4.78, 5) is 3.26. The highest BCUT2D eigenvalue weighted by Gasteiger charge is 2.37. The van der Waals surface area contributed by atoms with Crippen molar-refractivity contribution < 1.29 is 26.3 Å². The van der Waals surface area contributed by atoms with Crippen LogP contribution in [-0.4, -0.2) is 26.7 Å². The van der Waals surface area contributed by atoms with Gasteiger partial charge >= 0.3 is 12.4 Å². The number of hydrogen-bond acceptors (Lipinski definition) is 4. The van der Waals surface area contributed by atoms with Gasteiger partial charge in [-0.05, 0) is 25.7 Å². The number of fused-ring (bicyclic) bond motifs is 1. The van der Waals surface area contributed by atoms with Crippen molar-refractivity contribution in [1.29, 1.82) is 0 Å². The molecule has 0 saturated heterocycles. The third kappa shape index (κ3) is 3.80. The van der Waals surface area contributed by atoms with E-state index in [1.54, 1.807) is 0 Å². The summed E-state index contributed by atoms with van der Waals surface area (Å²) < 4.78 is 78.3. The lowest BCUT2D eigenvalue weighted by atomic mass is 9.92. The first-order valence-electron chi connectivity index (χ1n) is 7.61. The van der Waals surface area contributed by atoms with Crippen LogP contribution in [0.3, 0.4) is 0 Å². The van der Waals surface area contributed by atoms with Crippen LogP contribution in [0.2, 0.25) is 0 Å². The van der Waals surface area contributed by atoms with Gasteiger partial charge in [-0.2, -0.15) is 36.0 Å². The van der Waals surface area contributed by atoms with Crippen molar-refractivity contribution in [2.45, 2.75) is 50.1 Å². The number of aromatic nitrogens is 3. The van der Waals surface area contributed by atoms with Crippen molar-refractivity contribution >= 4 is 11.5 Å². The Balaban J connectivity index is 2.05. The lowest BCUT2D eigenvalue weighted by Crippen LogP contribution is -2.35. The van der Waals surface area contributed by atoms with Gasteiger partial charge in [0.05, 0.1) is 0 Å². The summed E-state index contributed by atoms with van der Waals surface area (Å²) in [5.74, 6) is -0.188. The number of hydrogen-bond donors (Lipinski definition) is 2. The molecule has 2 atom stereocenters. The molecule has 1 aliphatic carbocycles. The van der Waals surface area contributed by atoms with E-state index in [4.69, 9.17) is 5.73 Å². The van der Waals surface area contributed by atoms with Crippen LogP contribution in [0.15, 0.2) is 12.1 Å². The quantitative estimate of drug-likeness (QED) is 0.798. The minimum absolute atomic E-state index is 0.103. The molecule has 1 saturated carbocycles. The third-order valence-electron chi connectivity index (χ3n) is 4.07. The molecule has 0 amide bonds. The first kappa shape index (κ1) is 17.8. The summed E-state index contributed by atoms with van der Waals surface area (Å²) in [6.45, 7) is 0. The summed E-state index contributed by atoms with van der Waals surface area (Å²) in [5, 5.41) is 6.20. The molecule has 2 aromatic heterocycles. The minimum Gasteiger partial charge on any atom is -0.367 e. The molecule has 1 aliphatic rings. The van der Waals surface area contributed by atoms with Crippen LogP contribution in [0, 0.1) is 0 Å². The topological polar surface area (TPSA) is 68.2 Å². The fraction of sp³-hybridized carbons (Fsp3) is 0.571. The molecule has 2 heterocycles. The summed E-state index contributed by atoms with van der Waals surface area (Å²) in [6, 6.07) is 0.816.